The molecule has 0 saturated heterocycles. The number of hydrogen-bond donors (Lipinski definition) is 2. The average Bonchev–Trinajstić information content (AvgIpc) is 2.66. The molecule has 0 saturated carbocycles. The quantitative estimate of drug-likeness (QED) is 0.152. The Morgan fingerprint density at radius 2 is 1.34 bits per heavy atom. The molecule has 0 amide bonds. The summed E-state index contributed by atoms with van der Waals surface area (Å²) in [4.78, 5) is 31.4. The molecule has 2 N–H and O–H groups in total. The second-order valence-corrected chi connectivity index (χ2v) is 7.00. The van der Waals surface area contributed by atoms with Gasteiger partial charge in [0.2, 0.25) is 12.1 Å². The smallest absolute Gasteiger partial charge is 0.242 e. The van der Waals surface area contributed by atoms with Gasteiger partial charge in [-0.15, -0.1) is 0 Å². The summed E-state index contributed by atoms with van der Waals surface area (Å²) < 4.78 is 0. The van der Waals surface area contributed by atoms with E-state index in [1.165, 1.54) is 12.2 Å². The van der Waals surface area contributed by atoms with E-state index in [-0.39, 0.29) is 19.3 Å². The highest BCUT2D eigenvalue weighted by atomic mass is 16.6. The standard InChI is InChI=1S/C20H33N2O7/c1-2-3-7-12-17(21(26)27)20(25)15-10-9-13-18(22(28)29)19(24)14-8-5-4-6-11-16-23/h3,7,9-10,17-20,24-25H,2,4-6,8,11-15H2,1H3/b7-3-,10-9-. The Morgan fingerprint density at radius 3 is 1.90 bits per heavy atom. The minimum absolute atomic E-state index is 0.0138. The van der Waals surface area contributed by atoms with Crippen LogP contribution in [0.5, 0.6) is 0 Å². The van der Waals surface area contributed by atoms with Crippen molar-refractivity contribution in [3.05, 3.63) is 44.5 Å². The molecule has 29 heavy (non-hydrogen) atoms. The van der Waals surface area contributed by atoms with Gasteiger partial charge < -0.3 is 10.2 Å². The van der Waals surface area contributed by atoms with Crippen LogP contribution in [0, 0.1) is 20.2 Å². The van der Waals surface area contributed by atoms with E-state index < -0.39 is 34.1 Å². The molecule has 165 valence electrons. The Hall–Kier alpha value is -2.13. The fourth-order valence-electron chi connectivity index (χ4n) is 2.89. The number of hydrogen-bond acceptors (Lipinski definition) is 7. The summed E-state index contributed by atoms with van der Waals surface area (Å²) in [5.74, 6) is 0. The van der Waals surface area contributed by atoms with Crippen LogP contribution in [0.4, 0.5) is 0 Å². The normalized spacial score (nSPS) is 16.0. The van der Waals surface area contributed by atoms with E-state index in [9.17, 15) is 35.2 Å². The van der Waals surface area contributed by atoms with Gasteiger partial charge in [-0.3, -0.25) is 25.0 Å². The molecule has 0 aliphatic carbocycles. The molecule has 9 heteroatoms. The topological polar surface area (TPSA) is 144 Å². The van der Waals surface area contributed by atoms with Gasteiger partial charge in [-0.05, 0) is 25.7 Å². The monoisotopic (exact) mass is 413 g/mol. The number of rotatable bonds is 18. The van der Waals surface area contributed by atoms with Gasteiger partial charge in [-0.1, -0.05) is 50.5 Å². The van der Waals surface area contributed by atoms with Gasteiger partial charge in [0.05, 0.1) is 0 Å². The van der Waals surface area contributed by atoms with E-state index in [2.05, 4.69) is 0 Å². The zero-order valence-electron chi connectivity index (χ0n) is 17.0. The van der Waals surface area contributed by atoms with Gasteiger partial charge >= 0.3 is 0 Å². The van der Waals surface area contributed by atoms with Crippen molar-refractivity contribution in [1.82, 2.24) is 0 Å². The lowest BCUT2D eigenvalue weighted by Gasteiger charge is -2.15. The molecule has 0 bridgehead atoms. The highest BCUT2D eigenvalue weighted by molar-refractivity contribution is 5.50. The van der Waals surface area contributed by atoms with Crippen molar-refractivity contribution < 1.29 is 24.9 Å². The van der Waals surface area contributed by atoms with Crippen molar-refractivity contribution in [2.45, 2.75) is 95.4 Å². The maximum absolute atomic E-state index is 11.2. The Balaban J connectivity index is 4.46. The molecule has 0 rings (SSSR count). The summed E-state index contributed by atoms with van der Waals surface area (Å²) in [5.41, 5.74) is 0. The molecule has 4 unspecified atom stereocenters. The first kappa shape index (κ1) is 26.9. The number of aliphatic hydroxyl groups excluding tert-OH is 2. The second kappa shape index (κ2) is 16.8. The lowest BCUT2D eigenvalue weighted by molar-refractivity contribution is -0.533. The zero-order valence-corrected chi connectivity index (χ0v) is 17.0. The first-order chi connectivity index (χ1) is 13.8. The third kappa shape index (κ3) is 12.8. The molecule has 0 aromatic heterocycles. The van der Waals surface area contributed by atoms with E-state index in [1.807, 2.05) is 13.2 Å². The Bertz CT molecular complexity index is 537. The third-order valence-electron chi connectivity index (χ3n) is 4.66. The van der Waals surface area contributed by atoms with E-state index >= 15 is 0 Å². The van der Waals surface area contributed by atoms with Crippen LogP contribution in [-0.4, -0.2) is 50.6 Å². The van der Waals surface area contributed by atoms with Crippen LogP contribution in [0.1, 0.15) is 71.1 Å². The van der Waals surface area contributed by atoms with Crippen LogP contribution in [0.15, 0.2) is 24.3 Å². The molecular formula is C20H33N2O7. The summed E-state index contributed by atoms with van der Waals surface area (Å²) in [6.45, 7) is 1.91. The summed E-state index contributed by atoms with van der Waals surface area (Å²) in [6, 6.07) is -2.29. The van der Waals surface area contributed by atoms with Gasteiger partial charge in [0, 0.05) is 29.1 Å². The molecular weight excluding hydrogens is 380 g/mol. The van der Waals surface area contributed by atoms with Crippen molar-refractivity contribution in [3.63, 3.8) is 0 Å². The number of nitro groups is 2. The van der Waals surface area contributed by atoms with E-state index in [0.717, 1.165) is 25.7 Å². The average molecular weight is 413 g/mol. The number of allylic oxidation sites excluding steroid dienone is 1. The second-order valence-electron chi connectivity index (χ2n) is 7.00. The molecule has 0 fully saturated rings. The SMILES string of the molecule is CC/C=C\CC(C(O)C/C=C\CC(C(O)CCCCCC[C]=O)[N+](=O)[O-])[N+](=O)[O-]. The minimum Gasteiger partial charge on any atom is -0.386 e. The maximum atomic E-state index is 11.2. The Morgan fingerprint density at radius 1 is 0.828 bits per heavy atom. The van der Waals surface area contributed by atoms with Crippen molar-refractivity contribution in [3.8, 4) is 0 Å². The van der Waals surface area contributed by atoms with Crippen molar-refractivity contribution >= 4 is 6.29 Å². The van der Waals surface area contributed by atoms with E-state index in [4.69, 9.17) is 0 Å². The van der Waals surface area contributed by atoms with Crippen LogP contribution >= 0.6 is 0 Å². The lowest BCUT2D eigenvalue weighted by atomic mass is 10.00. The summed E-state index contributed by atoms with van der Waals surface area (Å²) in [5, 5.41) is 42.4. The van der Waals surface area contributed by atoms with Gasteiger partial charge in [0.25, 0.3) is 0 Å². The lowest BCUT2D eigenvalue weighted by Crippen LogP contribution is -2.33. The largest absolute Gasteiger partial charge is 0.386 e. The molecule has 0 aliphatic rings. The molecule has 4 atom stereocenters. The van der Waals surface area contributed by atoms with Crippen LogP contribution in [0.3, 0.4) is 0 Å². The number of nitrogens with zero attached hydrogens (tertiary/aromatic N) is 2. The van der Waals surface area contributed by atoms with Gasteiger partial charge in [0.1, 0.15) is 12.2 Å². The molecule has 9 nitrogen and oxygen atoms in total. The van der Waals surface area contributed by atoms with Crippen molar-refractivity contribution in [2.75, 3.05) is 0 Å². The number of carbonyl (C=O) groups excluding carboxylic acids is 1. The predicted molar refractivity (Wildman–Crippen MR) is 109 cm³/mol. The third-order valence-corrected chi connectivity index (χ3v) is 4.66. The molecule has 0 aromatic carbocycles. The number of unbranched alkanes of at least 4 members (excludes halogenated alkanes) is 4. The molecule has 1 radical (unpaired) electrons. The fraction of sp³-hybridized carbons (Fsp3) is 0.750. The van der Waals surface area contributed by atoms with Gasteiger partial charge in [0.15, 0.2) is 6.29 Å². The summed E-state index contributed by atoms with van der Waals surface area (Å²) in [7, 11) is 0. The molecule has 0 heterocycles. The van der Waals surface area contributed by atoms with Crippen molar-refractivity contribution in [2.24, 2.45) is 0 Å². The Labute approximate surface area is 171 Å². The zero-order chi connectivity index (χ0) is 22.1. The van der Waals surface area contributed by atoms with E-state index in [0.29, 0.717) is 19.3 Å². The van der Waals surface area contributed by atoms with Crippen LogP contribution < -0.4 is 0 Å². The molecule has 0 aromatic rings. The minimum atomic E-state index is -1.19. The van der Waals surface area contributed by atoms with Crippen LogP contribution in [0.25, 0.3) is 0 Å². The molecule has 0 spiro atoms. The van der Waals surface area contributed by atoms with E-state index in [1.54, 1.807) is 12.2 Å². The summed E-state index contributed by atoms with van der Waals surface area (Å²) >= 11 is 0. The predicted octanol–water partition coefficient (Wildman–Crippen LogP) is 3.14. The maximum Gasteiger partial charge on any atom is 0.242 e. The van der Waals surface area contributed by atoms with Gasteiger partial charge in [-0.2, -0.15) is 0 Å². The highest BCUT2D eigenvalue weighted by Crippen LogP contribution is 2.15. The summed E-state index contributed by atoms with van der Waals surface area (Å²) in [6.07, 6.45) is 10.4. The first-order valence-corrected chi connectivity index (χ1v) is 10.1. The highest BCUT2D eigenvalue weighted by Gasteiger charge is 2.29. The fourth-order valence-corrected chi connectivity index (χ4v) is 2.89. The van der Waals surface area contributed by atoms with Crippen LogP contribution in [-0.2, 0) is 4.79 Å². The first-order valence-electron chi connectivity index (χ1n) is 10.1. The van der Waals surface area contributed by atoms with Crippen molar-refractivity contribution in [1.29, 1.82) is 0 Å². The molecule has 0 aliphatic heterocycles. The van der Waals surface area contributed by atoms with Crippen LogP contribution in [0.2, 0.25) is 0 Å². The Kier molecular flexibility index (Phi) is 15.6. The van der Waals surface area contributed by atoms with Gasteiger partial charge in [-0.25, -0.2) is 0 Å². The number of aliphatic hydroxyl groups is 2.